The molecule has 10 heteroatoms. The van der Waals surface area contributed by atoms with Gasteiger partial charge in [0.25, 0.3) is 0 Å². The summed E-state index contributed by atoms with van der Waals surface area (Å²) in [5.74, 6) is -0.556. The predicted octanol–water partition coefficient (Wildman–Crippen LogP) is 1.62. The van der Waals surface area contributed by atoms with Gasteiger partial charge in [0.05, 0.1) is 30.3 Å². The van der Waals surface area contributed by atoms with Crippen molar-refractivity contribution in [2.75, 3.05) is 43.9 Å². The minimum atomic E-state index is -3.41. The largest absolute Gasteiger partial charge is 0.449 e. The number of sulfonamides is 1. The second-order valence-corrected chi connectivity index (χ2v) is 12.2. The lowest BCUT2D eigenvalue weighted by molar-refractivity contribution is -0.134. The number of fused-ring (bicyclic) bond motifs is 2. The van der Waals surface area contributed by atoms with Crippen LogP contribution in [0.15, 0.2) is 48.5 Å². The Kier molecular flexibility index (Phi) is 5.07. The Bertz CT molecular complexity index is 1380. The van der Waals surface area contributed by atoms with Crippen LogP contribution in [0.2, 0.25) is 0 Å². The predicted molar refractivity (Wildman–Crippen MR) is 131 cm³/mol. The Morgan fingerprint density at radius 2 is 1.67 bits per heavy atom. The lowest BCUT2D eigenvalue weighted by Crippen LogP contribution is -2.52. The van der Waals surface area contributed by atoms with Crippen LogP contribution in [-0.2, 0) is 35.4 Å². The first-order valence-corrected chi connectivity index (χ1v) is 14.0. The van der Waals surface area contributed by atoms with E-state index in [2.05, 4.69) is 0 Å². The lowest BCUT2D eigenvalue weighted by atomic mass is 9.91. The molecular formula is C26H27N3O6S. The highest BCUT2D eigenvalue weighted by Crippen LogP contribution is 2.52. The van der Waals surface area contributed by atoms with Crippen LogP contribution < -0.4 is 4.90 Å². The molecule has 4 aliphatic rings. The number of ether oxygens (including phenoxy) is 1. The monoisotopic (exact) mass is 509 g/mol. The molecule has 1 atom stereocenters. The standard InChI is InChI=1S/C26H27N3O6S/c1-36(33,34)28-14-15-29(22(30)16-28)19-8-6-18(7-9-19)25(10-11-25)24(32)27-13-12-26(17-27)21-5-3-2-4-20(21)23(31)35-26/h2-9H,10-17H2,1H3/t26-/m0/s1. The summed E-state index contributed by atoms with van der Waals surface area (Å²) >= 11 is 0. The Labute approximate surface area is 209 Å². The maximum Gasteiger partial charge on any atom is 0.339 e. The summed E-state index contributed by atoms with van der Waals surface area (Å²) < 4.78 is 30.5. The van der Waals surface area contributed by atoms with Crippen molar-refractivity contribution >= 4 is 33.5 Å². The van der Waals surface area contributed by atoms with E-state index in [1.54, 1.807) is 11.0 Å². The molecule has 0 radical (unpaired) electrons. The molecule has 9 nitrogen and oxygen atoms in total. The van der Waals surface area contributed by atoms with Gasteiger partial charge >= 0.3 is 5.97 Å². The lowest BCUT2D eigenvalue weighted by Gasteiger charge is -2.33. The first kappa shape index (κ1) is 23.2. The van der Waals surface area contributed by atoms with Crippen LogP contribution in [0.1, 0.15) is 40.7 Å². The van der Waals surface area contributed by atoms with Gasteiger partial charge in [-0.05, 0) is 36.6 Å². The smallest absolute Gasteiger partial charge is 0.339 e. The van der Waals surface area contributed by atoms with Gasteiger partial charge in [0, 0.05) is 37.3 Å². The fraction of sp³-hybridized carbons (Fsp3) is 0.423. The molecule has 0 bridgehead atoms. The third-order valence-electron chi connectivity index (χ3n) is 7.99. The number of amides is 2. The Balaban J connectivity index is 1.18. The molecule has 1 aliphatic carbocycles. The average Bonchev–Trinajstić information content (AvgIpc) is 3.49. The number of benzene rings is 2. The number of likely N-dealkylation sites (tertiary alicyclic amines) is 1. The molecule has 1 saturated carbocycles. The fourth-order valence-corrected chi connectivity index (χ4v) is 6.58. The molecule has 0 unspecified atom stereocenters. The van der Waals surface area contributed by atoms with E-state index in [-0.39, 0.29) is 37.4 Å². The van der Waals surface area contributed by atoms with Crippen molar-refractivity contribution in [3.63, 3.8) is 0 Å². The molecule has 3 fully saturated rings. The van der Waals surface area contributed by atoms with Crippen LogP contribution in [-0.4, -0.2) is 74.4 Å². The first-order valence-electron chi connectivity index (χ1n) is 12.1. The topological polar surface area (TPSA) is 104 Å². The van der Waals surface area contributed by atoms with E-state index in [1.165, 1.54) is 4.31 Å². The quantitative estimate of drug-likeness (QED) is 0.581. The van der Waals surface area contributed by atoms with E-state index in [1.807, 2.05) is 47.4 Å². The third-order valence-corrected chi connectivity index (χ3v) is 9.24. The van der Waals surface area contributed by atoms with Gasteiger partial charge in [-0.1, -0.05) is 30.3 Å². The molecule has 6 rings (SSSR count). The molecule has 3 aliphatic heterocycles. The van der Waals surface area contributed by atoms with Crippen molar-refractivity contribution in [3.8, 4) is 0 Å². The number of piperazine rings is 1. The summed E-state index contributed by atoms with van der Waals surface area (Å²) in [7, 11) is -3.41. The summed E-state index contributed by atoms with van der Waals surface area (Å²) in [4.78, 5) is 42.1. The van der Waals surface area contributed by atoms with Crippen molar-refractivity contribution in [2.45, 2.75) is 30.3 Å². The van der Waals surface area contributed by atoms with Gasteiger partial charge in [0.2, 0.25) is 21.8 Å². The van der Waals surface area contributed by atoms with E-state index >= 15 is 0 Å². The molecule has 1 spiro atoms. The molecule has 2 amide bonds. The number of carbonyl (C=O) groups is 3. The zero-order valence-corrected chi connectivity index (χ0v) is 20.8. The second kappa shape index (κ2) is 7.88. The van der Waals surface area contributed by atoms with Crippen LogP contribution >= 0.6 is 0 Å². The number of hydrogen-bond donors (Lipinski definition) is 0. The van der Waals surface area contributed by atoms with Gasteiger partial charge in [0.15, 0.2) is 5.60 Å². The van der Waals surface area contributed by atoms with E-state index in [0.29, 0.717) is 30.8 Å². The summed E-state index contributed by atoms with van der Waals surface area (Å²) in [5.41, 5.74) is 1.68. The Hall–Kier alpha value is -3.24. The number of rotatable bonds is 4. The van der Waals surface area contributed by atoms with Gasteiger partial charge < -0.3 is 14.5 Å². The summed E-state index contributed by atoms with van der Waals surface area (Å²) in [6.07, 6.45) is 3.18. The van der Waals surface area contributed by atoms with Crippen molar-refractivity contribution in [1.29, 1.82) is 0 Å². The summed E-state index contributed by atoms with van der Waals surface area (Å²) in [6.45, 7) is 1.24. The van der Waals surface area contributed by atoms with Crippen molar-refractivity contribution in [1.82, 2.24) is 9.21 Å². The zero-order valence-electron chi connectivity index (χ0n) is 20.0. The number of anilines is 1. The molecule has 188 valence electrons. The molecule has 36 heavy (non-hydrogen) atoms. The molecule has 0 aromatic heterocycles. The Morgan fingerprint density at radius 3 is 2.33 bits per heavy atom. The van der Waals surface area contributed by atoms with Crippen LogP contribution in [0.5, 0.6) is 0 Å². The van der Waals surface area contributed by atoms with Gasteiger partial charge in [-0.2, -0.15) is 4.31 Å². The van der Waals surface area contributed by atoms with Gasteiger partial charge in [-0.25, -0.2) is 13.2 Å². The highest BCUT2D eigenvalue weighted by Gasteiger charge is 2.57. The summed E-state index contributed by atoms with van der Waals surface area (Å²) in [6, 6.07) is 14.8. The minimum absolute atomic E-state index is 0.0467. The van der Waals surface area contributed by atoms with E-state index in [0.717, 1.165) is 30.2 Å². The van der Waals surface area contributed by atoms with Crippen LogP contribution in [0.3, 0.4) is 0 Å². The van der Waals surface area contributed by atoms with Gasteiger partial charge in [-0.15, -0.1) is 0 Å². The first-order chi connectivity index (χ1) is 17.1. The number of carbonyl (C=O) groups excluding carboxylic acids is 3. The normalized spacial score (nSPS) is 25.2. The van der Waals surface area contributed by atoms with E-state index in [4.69, 9.17) is 4.74 Å². The second-order valence-electron chi connectivity index (χ2n) is 10.2. The van der Waals surface area contributed by atoms with Gasteiger partial charge in [0.1, 0.15) is 0 Å². The maximum atomic E-state index is 13.7. The zero-order chi connectivity index (χ0) is 25.3. The number of esters is 1. The molecule has 2 aromatic rings. The molecule has 2 aromatic carbocycles. The third kappa shape index (κ3) is 3.54. The fourth-order valence-electron chi connectivity index (χ4n) is 5.83. The van der Waals surface area contributed by atoms with Crippen molar-refractivity contribution < 1.29 is 27.5 Å². The SMILES string of the molecule is CS(=O)(=O)N1CCN(c2ccc(C3(C(=O)N4CC[C@@]5(C4)OC(=O)c4ccccc45)CC3)cc2)C(=O)C1. The van der Waals surface area contributed by atoms with Crippen LogP contribution in [0, 0.1) is 0 Å². The highest BCUT2D eigenvalue weighted by atomic mass is 32.2. The van der Waals surface area contributed by atoms with Crippen molar-refractivity contribution in [3.05, 3.63) is 65.2 Å². The van der Waals surface area contributed by atoms with Gasteiger partial charge in [-0.3, -0.25) is 9.59 Å². The van der Waals surface area contributed by atoms with E-state index in [9.17, 15) is 22.8 Å². The molecule has 0 N–H and O–H groups in total. The molecule has 2 saturated heterocycles. The number of hydrogen-bond acceptors (Lipinski definition) is 6. The minimum Gasteiger partial charge on any atom is -0.449 e. The molecule has 3 heterocycles. The Morgan fingerprint density at radius 1 is 0.944 bits per heavy atom. The molecular weight excluding hydrogens is 482 g/mol. The van der Waals surface area contributed by atoms with E-state index < -0.39 is 21.0 Å². The summed E-state index contributed by atoms with van der Waals surface area (Å²) in [5, 5.41) is 0. The highest BCUT2D eigenvalue weighted by molar-refractivity contribution is 7.88. The van der Waals surface area contributed by atoms with Crippen LogP contribution in [0.25, 0.3) is 0 Å². The van der Waals surface area contributed by atoms with Crippen LogP contribution in [0.4, 0.5) is 5.69 Å². The average molecular weight is 510 g/mol. The number of nitrogens with zero attached hydrogens (tertiary/aromatic N) is 3. The van der Waals surface area contributed by atoms with Crippen molar-refractivity contribution in [2.24, 2.45) is 0 Å². The maximum absolute atomic E-state index is 13.7.